The topological polar surface area (TPSA) is 202 Å². The lowest BCUT2D eigenvalue weighted by Gasteiger charge is -2.21. The van der Waals surface area contributed by atoms with Gasteiger partial charge in [0.2, 0.25) is 17.7 Å². The van der Waals surface area contributed by atoms with Crippen LogP contribution in [0.4, 0.5) is 0 Å². The van der Waals surface area contributed by atoms with Gasteiger partial charge in [-0.15, -0.1) is 0 Å². The molecule has 0 bridgehead atoms. The number of carbonyl (C=O) groups excluding carboxylic acids is 6. The van der Waals surface area contributed by atoms with E-state index in [1.807, 2.05) is 32.3 Å². The average molecular weight is 775 g/mol. The molecule has 6 heterocycles. The van der Waals surface area contributed by atoms with Crippen LogP contribution in [0.1, 0.15) is 86.3 Å². The summed E-state index contributed by atoms with van der Waals surface area (Å²) in [6.45, 7) is 2.65. The average Bonchev–Trinajstić information content (AvgIpc) is 3.99. The summed E-state index contributed by atoms with van der Waals surface area (Å²) in [7, 11) is 0. The molecule has 7 rings (SSSR count). The van der Waals surface area contributed by atoms with Gasteiger partial charge in [-0.2, -0.15) is 13.7 Å². The number of carbonyl (C=O) groups is 6. The number of hydrogen-bond acceptors (Lipinski definition) is 6. The molecule has 6 N–H and O–H groups in total. The molecule has 0 saturated carbocycles. The standard InChI is InChI=1S/C42H45N9O6/c43-37(52)34-10-4-16-49(34)40(55)31-7-1-13-46(25-31)22-28-19-29(23-47-14-2-8-32(26-47)41(56)50-17-5-11-35(50)38(44)53)21-30(20-28)24-48-15-3-9-33(27-48)42(57)51-18-6-12-36(51)39(45)54/h1-3,7-9,13-15,19-21,25-27,34-36H,4-6,10-12,16-18,22-24H2,(H3-3,43,44,45,52,53,54)/p+3. The quantitative estimate of drug-likeness (QED) is 0.169. The van der Waals surface area contributed by atoms with Crippen molar-refractivity contribution in [1.82, 2.24) is 14.7 Å². The maximum Gasteiger partial charge on any atom is 0.260 e. The van der Waals surface area contributed by atoms with E-state index in [2.05, 4.69) is 18.2 Å². The van der Waals surface area contributed by atoms with E-state index < -0.39 is 35.8 Å². The molecule has 0 aliphatic carbocycles. The lowest BCUT2D eigenvalue weighted by molar-refractivity contribution is -0.690. The minimum Gasteiger partial charge on any atom is -0.368 e. The monoisotopic (exact) mass is 774 g/mol. The normalized spacial score (nSPS) is 19.2. The first-order valence-corrected chi connectivity index (χ1v) is 19.3. The highest BCUT2D eigenvalue weighted by atomic mass is 16.2. The van der Waals surface area contributed by atoms with Crippen molar-refractivity contribution in [2.24, 2.45) is 17.2 Å². The number of aromatic nitrogens is 3. The number of likely N-dealkylation sites (tertiary alicyclic amines) is 3. The van der Waals surface area contributed by atoms with Crippen LogP contribution in [0.5, 0.6) is 0 Å². The maximum atomic E-state index is 13.5. The lowest BCUT2D eigenvalue weighted by Crippen LogP contribution is -2.45. The van der Waals surface area contributed by atoms with Gasteiger partial charge in [-0.3, -0.25) is 28.8 Å². The molecule has 15 heteroatoms. The Balaban J connectivity index is 1.17. The fourth-order valence-electron chi connectivity index (χ4n) is 8.40. The van der Waals surface area contributed by atoms with Crippen LogP contribution in [-0.4, -0.2) is 87.9 Å². The second-order valence-electron chi connectivity index (χ2n) is 15.1. The first-order chi connectivity index (χ1) is 27.4. The Hall–Kier alpha value is -6.51. The van der Waals surface area contributed by atoms with E-state index in [9.17, 15) is 28.8 Å². The molecular formula is C42H48N9O6+3. The summed E-state index contributed by atoms with van der Waals surface area (Å²) in [4.78, 5) is 81.2. The molecular weight excluding hydrogens is 727 g/mol. The van der Waals surface area contributed by atoms with E-state index >= 15 is 0 Å². The second kappa shape index (κ2) is 16.7. The molecule has 294 valence electrons. The number of primary amides is 3. The van der Waals surface area contributed by atoms with Crippen molar-refractivity contribution in [3.05, 3.63) is 125 Å². The first-order valence-electron chi connectivity index (χ1n) is 19.3. The smallest absolute Gasteiger partial charge is 0.260 e. The van der Waals surface area contributed by atoms with Crippen LogP contribution in [0, 0.1) is 0 Å². The zero-order valence-corrected chi connectivity index (χ0v) is 31.7. The highest BCUT2D eigenvalue weighted by Gasteiger charge is 2.36. The minimum absolute atomic E-state index is 0.246. The lowest BCUT2D eigenvalue weighted by atomic mass is 10.0. The fraction of sp³-hybridized carbons (Fsp3) is 0.357. The van der Waals surface area contributed by atoms with Crippen LogP contribution < -0.4 is 30.9 Å². The second-order valence-corrected chi connectivity index (χ2v) is 15.1. The molecule has 4 aromatic rings. The Morgan fingerprint density at radius 2 is 0.772 bits per heavy atom. The number of nitrogens with zero attached hydrogens (tertiary/aromatic N) is 6. The van der Waals surface area contributed by atoms with Crippen LogP contribution in [0.2, 0.25) is 0 Å². The van der Waals surface area contributed by atoms with E-state index in [1.54, 1.807) is 69.7 Å². The largest absolute Gasteiger partial charge is 0.368 e. The van der Waals surface area contributed by atoms with E-state index in [0.29, 0.717) is 94.5 Å². The Kier molecular flexibility index (Phi) is 11.3. The summed E-state index contributed by atoms with van der Waals surface area (Å²) < 4.78 is 5.75. The van der Waals surface area contributed by atoms with Crippen LogP contribution >= 0.6 is 0 Å². The summed E-state index contributed by atoms with van der Waals surface area (Å²) in [5, 5.41) is 0. The van der Waals surface area contributed by atoms with Crippen molar-refractivity contribution in [2.45, 2.75) is 76.3 Å². The molecule has 1 aromatic carbocycles. The number of rotatable bonds is 12. The summed E-state index contributed by atoms with van der Waals surface area (Å²) in [6.07, 6.45) is 14.7. The van der Waals surface area contributed by atoms with Crippen molar-refractivity contribution in [3.8, 4) is 0 Å². The van der Waals surface area contributed by atoms with E-state index in [0.717, 1.165) is 16.7 Å². The highest BCUT2D eigenvalue weighted by molar-refractivity contribution is 5.98. The van der Waals surface area contributed by atoms with Gasteiger partial charge in [0, 0.05) is 54.5 Å². The molecule has 3 aliphatic heterocycles. The zero-order chi connectivity index (χ0) is 40.2. The SMILES string of the molecule is NC(=O)C1CCCN1C(=O)c1ccc[n+](Cc2cc(C[n+]3cccc(C(=O)N4CCCC4C(N)=O)c3)cc(C[n+]3cccc(C(=O)N4CCCC4C(N)=O)c3)c2)c1. The molecule has 3 unspecified atom stereocenters. The first kappa shape index (κ1) is 38.8. The molecule has 3 saturated heterocycles. The van der Waals surface area contributed by atoms with Crippen LogP contribution in [0.15, 0.2) is 91.8 Å². The molecule has 0 radical (unpaired) electrons. The van der Waals surface area contributed by atoms with Gasteiger partial charge in [-0.05, 0) is 74.9 Å². The summed E-state index contributed by atoms with van der Waals surface area (Å²) in [6, 6.07) is 14.9. The maximum absolute atomic E-state index is 13.5. The number of pyridine rings is 3. The van der Waals surface area contributed by atoms with Crippen molar-refractivity contribution >= 4 is 35.4 Å². The van der Waals surface area contributed by atoms with E-state index in [4.69, 9.17) is 17.2 Å². The van der Waals surface area contributed by atoms with E-state index in [-0.39, 0.29) is 17.7 Å². The van der Waals surface area contributed by atoms with Gasteiger partial charge in [0.25, 0.3) is 17.7 Å². The van der Waals surface area contributed by atoms with Gasteiger partial charge < -0.3 is 31.9 Å². The van der Waals surface area contributed by atoms with Gasteiger partial charge in [0.15, 0.2) is 56.8 Å². The number of benzene rings is 1. The fourth-order valence-corrected chi connectivity index (χ4v) is 8.40. The number of hydrogen-bond donors (Lipinski definition) is 3. The van der Waals surface area contributed by atoms with Gasteiger partial charge in [0.05, 0.1) is 0 Å². The predicted molar refractivity (Wildman–Crippen MR) is 203 cm³/mol. The van der Waals surface area contributed by atoms with Crippen LogP contribution in [0.3, 0.4) is 0 Å². The molecule has 3 aromatic heterocycles. The van der Waals surface area contributed by atoms with Crippen molar-refractivity contribution < 1.29 is 42.5 Å². The number of amides is 6. The Labute approximate surface area is 330 Å². The molecule has 6 amide bonds. The Bertz CT molecular complexity index is 1990. The third-order valence-corrected chi connectivity index (χ3v) is 11.0. The molecule has 3 fully saturated rings. The van der Waals surface area contributed by atoms with Crippen molar-refractivity contribution in [3.63, 3.8) is 0 Å². The predicted octanol–water partition coefficient (Wildman–Crippen LogP) is -0.0363. The summed E-state index contributed by atoms with van der Waals surface area (Å²) in [5.74, 6) is -2.26. The summed E-state index contributed by atoms with van der Waals surface area (Å²) >= 11 is 0. The van der Waals surface area contributed by atoms with E-state index in [1.165, 1.54) is 0 Å². The van der Waals surface area contributed by atoms with Gasteiger partial charge in [-0.1, -0.05) is 0 Å². The van der Waals surface area contributed by atoms with Gasteiger partial charge >= 0.3 is 0 Å². The third kappa shape index (κ3) is 8.67. The Morgan fingerprint density at radius 3 is 1.04 bits per heavy atom. The molecule has 3 aliphatic rings. The van der Waals surface area contributed by atoms with Crippen LogP contribution in [-0.2, 0) is 34.0 Å². The van der Waals surface area contributed by atoms with Crippen molar-refractivity contribution in [1.29, 1.82) is 0 Å². The highest BCUT2D eigenvalue weighted by Crippen LogP contribution is 2.22. The third-order valence-electron chi connectivity index (χ3n) is 11.0. The van der Waals surface area contributed by atoms with Crippen LogP contribution in [0.25, 0.3) is 0 Å². The minimum atomic E-state index is -0.622. The van der Waals surface area contributed by atoms with Gasteiger partial charge in [-0.25, -0.2) is 0 Å². The number of nitrogens with two attached hydrogens (primary N) is 3. The summed E-state index contributed by atoms with van der Waals surface area (Å²) in [5.41, 5.74) is 21.0. The molecule has 57 heavy (non-hydrogen) atoms. The molecule has 3 atom stereocenters. The van der Waals surface area contributed by atoms with Gasteiger partial charge in [0.1, 0.15) is 34.8 Å². The Morgan fingerprint density at radius 1 is 0.491 bits per heavy atom. The molecule has 0 spiro atoms. The zero-order valence-electron chi connectivity index (χ0n) is 31.7. The van der Waals surface area contributed by atoms with Crippen molar-refractivity contribution in [2.75, 3.05) is 19.6 Å². The molecule has 15 nitrogen and oxygen atoms in total.